The van der Waals surface area contributed by atoms with Crippen LogP contribution in [0.3, 0.4) is 0 Å². The van der Waals surface area contributed by atoms with Crippen LogP contribution in [0.25, 0.3) is 5.69 Å². The Balaban J connectivity index is 1.59. The molecule has 0 aliphatic rings. The molecule has 0 aliphatic heterocycles. The number of rotatable bonds is 5. The molecule has 0 aliphatic carbocycles. The molecular weight excluding hydrogens is 322 g/mol. The van der Waals surface area contributed by atoms with Gasteiger partial charge in [0, 0.05) is 0 Å². The second-order valence-electron chi connectivity index (χ2n) is 5.63. The van der Waals surface area contributed by atoms with Gasteiger partial charge < -0.3 is 15.7 Å². The Kier molecular flexibility index (Phi) is 4.75. The molecule has 3 aromatic rings. The van der Waals surface area contributed by atoms with E-state index >= 15 is 0 Å². The summed E-state index contributed by atoms with van der Waals surface area (Å²) < 4.78 is 1.72. The van der Waals surface area contributed by atoms with Gasteiger partial charge in [-0.25, -0.2) is 14.5 Å². The number of hydrogen-bond donors (Lipinski definition) is 4. The molecule has 1 aromatic carbocycles. The average molecular weight is 341 g/mol. The Morgan fingerprint density at radius 2 is 2.20 bits per heavy atom. The van der Waals surface area contributed by atoms with Crippen molar-refractivity contribution in [2.75, 3.05) is 5.32 Å². The fourth-order valence-corrected chi connectivity index (χ4v) is 2.41. The van der Waals surface area contributed by atoms with Crippen molar-refractivity contribution in [1.29, 1.82) is 0 Å². The van der Waals surface area contributed by atoms with Crippen molar-refractivity contribution in [1.82, 2.24) is 30.3 Å². The molecule has 0 saturated heterocycles. The molecule has 0 saturated carbocycles. The number of carbonyl (C=O) groups excluding carboxylic acids is 1. The maximum absolute atomic E-state index is 11.9. The van der Waals surface area contributed by atoms with Gasteiger partial charge in [-0.05, 0) is 25.5 Å². The summed E-state index contributed by atoms with van der Waals surface area (Å²) in [7, 11) is 0. The van der Waals surface area contributed by atoms with E-state index in [0.29, 0.717) is 11.5 Å². The van der Waals surface area contributed by atoms with Gasteiger partial charge in [0.05, 0.1) is 30.3 Å². The molecule has 0 fully saturated rings. The normalized spacial score (nSPS) is 10.7. The van der Waals surface area contributed by atoms with Gasteiger partial charge in [0.25, 0.3) is 0 Å². The molecule has 0 atom stereocenters. The number of nitrogens with one attached hydrogen (secondary N) is 3. The van der Waals surface area contributed by atoms with Crippen LogP contribution in [0.1, 0.15) is 22.8 Å². The van der Waals surface area contributed by atoms with Crippen LogP contribution in [0.15, 0.2) is 30.6 Å². The zero-order valence-electron chi connectivity index (χ0n) is 13.9. The number of carbonyl (C=O) groups is 1. The van der Waals surface area contributed by atoms with Crippen LogP contribution in [-0.4, -0.2) is 36.1 Å². The quantitative estimate of drug-likeness (QED) is 0.559. The highest BCUT2D eigenvalue weighted by atomic mass is 16.3. The molecule has 2 aromatic heterocycles. The van der Waals surface area contributed by atoms with Crippen molar-refractivity contribution in [2.24, 2.45) is 0 Å². The molecule has 130 valence electrons. The minimum atomic E-state index is -0.387. The molecule has 2 heterocycles. The van der Waals surface area contributed by atoms with Crippen molar-refractivity contribution in [3.05, 3.63) is 53.4 Å². The number of urea groups is 1. The minimum Gasteiger partial charge on any atom is -0.388 e. The summed E-state index contributed by atoms with van der Waals surface area (Å²) in [6, 6.07) is 5.70. The molecule has 4 N–H and O–H groups in total. The topological polar surface area (TPSA) is 121 Å². The third kappa shape index (κ3) is 4.01. The van der Waals surface area contributed by atoms with E-state index in [1.165, 1.54) is 5.56 Å². The van der Waals surface area contributed by atoms with Gasteiger partial charge in [-0.15, -0.1) is 0 Å². The van der Waals surface area contributed by atoms with Gasteiger partial charge in [0.1, 0.15) is 12.4 Å². The van der Waals surface area contributed by atoms with E-state index < -0.39 is 0 Å². The average Bonchev–Trinajstić information content (AvgIpc) is 3.22. The number of H-pyrrole nitrogens is 1. The van der Waals surface area contributed by atoms with Gasteiger partial charge in [-0.3, -0.25) is 5.10 Å². The summed E-state index contributed by atoms with van der Waals surface area (Å²) in [6.07, 6.45) is 3.33. The first-order valence-electron chi connectivity index (χ1n) is 7.73. The van der Waals surface area contributed by atoms with Crippen LogP contribution in [0.2, 0.25) is 0 Å². The molecule has 0 bridgehead atoms. The lowest BCUT2D eigenvalue weighted by atomic mass is 10.1. The number of anilines is 1. The minimum absolute atomic E-state index is 0.171. The summed E-state index contributed by atoms with van der Waals surface area (Å²) >= 11 is 0. The Morgan fingerprint density at radius 1 is 1.36 bits per heavy atom. The van der Waals surface area contributed by atoms with E-state index in [0.717, 1.165) is 11.3 Å². The third-order valence-electron chi connectivity index (χ3n) is 3.58. The zero-order chi connectivity index (χ0) is 17.8. The van der Waals surface area contributed by atoms with Gasteiger partial charge in [-0.1, -0.05) is 17.7 Å². The second kappa shape index (κ2) is 7.14. The summed E-state index contributed by atoms with van der Waals surface area (Å²) in [5.74, 6) is 0.747. The monoisotopic (exact) mass is 341 g/mol. The predicted molar refractivity (Wildman–Crippen MR) is 91.2 cm³/mol. The SMILES string of the molecule is Cc1ccc(-n2cc(NC(=O)NCc3nc(CO)n[nH]3)cn2)c(C)c1. The number of aromatic amines is 1. The first kappa shape index (κ1) is 16.7. The molecule has 3 rings (SSSR count). The van der Waals surface area contributed by atoms with Crippen LogP contribution >= 0.6 is 0 Å². The lowest BCUT2D eigenvalue weighted by Gasteiger charge is -2.06. The Bertz CT molecular complexity index is 884. The number of aliphatic hydroxyl groups is 1. The van der Waals surface area contributed by atoms with E-state index in [1.807, 2.05) is 26.0 Å². The van der Waals surface area contributed by atoms with E-state index in [9.17, 15) is 4.79 Å². The largest absolute Gasteiger partial charge is 0.388 e. The fraction of sp³-hybridized carbons (Fsp3) is 0.250. The first-order chi connectivity index (χ1) is 12.0. The van der Waals surface area contributed by atoms with Crippen LogP contribution in [-0.2, 0) is 13.2 Å². The number of aliphatic hydroxyl groups excluding tert-OH is 1. The van der Waals surface area contributed by atoms with Crippen molar-refractivity contribution >= 4 is 11.7 Å². The summed E-state index contributed by atoms with van der Waals surface area (Å²) in [5.41, 5.74) is 3.82. The number of benzene rings is 1. The van der Waals surface area contributed by atoms with Crippen LogP contribution < -0.4 is 10.6 Å². The number of nitrogens with zero attached hydrogens (tertiary/aromatic N) is 4. The molecular formula is C16H19N7O2. The number of hydrogen-bond acceptors (Lipinski definition) is 5. The van der Waals surface area contributed by atoms with Crippen molar-refractivity contribution in [3.8, 4) is 5.69 Å². The Hall–Kier alpha value is -3.20. The standard InChI is InChI=1S/C16H19N7O2/c1-10-3-4-13(11(2)5-10)23-8-12(6-18-23)19-16(25)17-7-14-20-15(9-24)22-21-14/h3-6,8,24H,7,9H2,1-2H3,(H2,17,19,25)(H,20,21,22). The molecule has 0 unspecified atom stereocenters. The van der Waals surface area contributed by atoms with Gasteiger partial charge in [0.2, 0.25) is 0 Å². The third-order valence-corrected chi connectivity index (χ3v) is 3.58. The lowest BCUT2D eigenvalue weighted by molar-refractivity contribution is 0.251. The van der Waals surface area contributed by atoms with Gasteiger partial charge >= 0.3 is 6.03 Å². The Morgan fingerprint density at radius 3 is 2.92 bits per heavy atom. The Labute approximate surface area is 144 Å². The van der Waals surface area contributed by atoms with Crippen molar-refractivity contribution < 1.29 is 9.90 Å². The second-order valence-corrected chi connectivity index (χ2v) is 5.63. The number of amides is 2. The molecule has 2 amide bonds. The summed E-state index contributed by atoms with van der Waals surface area (Å²) in [6.45, 7) is 3.97. The highest BCUT2D eigenvalue weighted by Crippen LogP contribution is 2.17. The maximum Gasteiger partial charge on any atom is 0.319 e. The van der Waals surface area contributed by atoms with Crippen molar-refractivity contribution in [2.45, 2.75) is 27.0 Å². The van der Waals surface area contributed by atoms with Gasteiger partial charge in [0.15, 0.2) is 5.82 Å². The van der Waals surface area contributed by atoms with E-state index in [-0.39, 0.29) is 25.0 Å². The lowest BCUT2D eigenvalue weighted by Crippen LogP contribution is -2.28. The number of aryl methyl sites for hydroxylation is 2. The summed E-state index contributed by atoms with van der Waals surface area (Å²) in [5, 5.41) is 24.9. The predicted octanol–water partition coefficient (Wildman–Crippen LogP) is 1.42. The van der Waals surface area contributed by atoms with E-state index in [4.69, 9.17) is 5.11 Å². The molecule has 0 radical (unpaired) electrons. The smallest absolute Gasteiger partial charge is 0.319 e. The van der Waals surface area contributed by atoms with Crippen molar-refractivity contribution in [3.63, 3.8) is 0 Å². The molecule has 9 heteroatoms. The number of aromatic nitrogens is 5. The van der Waals surface area contributed by atoms with Gasteiger partial charge in [-0.2, -0.15) is 10.2 Å². The zero-order valence-corrected chi connectivity index (χ0v) is 13.9. The molecule has 25 heavy (non-hydrogen) atoms. The van der Waals surface area contributed by atoms with E-state index in [2.05, 4.69) is 37.0 Å². The fourth-order valence-electron chi connectivity index (χ4n) is 2.41. The van der Waals surface area contributed by atoms with Crippen LogP contribution in [0.5, 0.6) is 0 Å². The van der Waals surface area contributed by atoms with E-state index in [1.54, 1.807) is 17.1 Å². The highest BCUT2D eigenvalue weighted by molar-refractivity contribution is 5.88. The first-order valence-corrected chi connectivity index (χ1v) is 7.73. The van der Waals surface area contributed by atoms with Crippen LogP contribution in [0, 0.1) is 13.8 Å². The molecule has 9 nitrogen and oxygen atoms in total. The summed E-state index contributed by atoms with van der Waals surface area (Å²) in [4.78, 5) is 15.9. The maximum atomic E-state index is 11.9. The van der Waals surface area contributed by atoms with Crippen LogP contribution in [0.4, 0.5) is 10.5 Å². The molecule has 0 spiro atoms. The highest BCUT2D eigenvalue weighted by Gasteiger charge is 2.08.